The summed E-state index contributed by atoms with van der Waals surface area (Å²) in [5.74, 6) is 0.232. The van der Waals surface area contributed by atoms with Gasteiger partial charge in [0.2, 0.25) is 5.91 Å². The lowest BCUT2D eigenvalue weighted by molar-refractivity contribution is -0.116. The Hall–Kier alpha value is -1.92. The zero-order valence-electron chi connectivity index (χ0n) is 12.4. The summed E-state index contributed by atoms with van der Waals surface area (Å²) in [5.41, 5.74) is 6.40. The Labute approximate surface area is 134 Å². The molecule has 0 radical (unpaired) electrons. The van der Waals surface area contributed by atoms with Crippen LogP contribution in [0.25, 0.3) is 10.4 Å². The maximum Gasteiger partial charge on any atom is 0.226 e. The van der Waals surface area contributed by atoms with E-state index in [4.69, 9.17) is 5.73 Å². The largest absolute Gasteiger partial charge is 0.508 e. The summed E-state index contributed by atoms with van der Waals surface area (Å²) < 4.78 is 0. The molecule has 0 unspecified atom stereocenters. The van der Waals surface area contributed by atoms with Gasteiger partial charge in [0, 0.05) is 12.6 Å². The fourth-order valence-electron chi connectivity index (χ4n) is 2.06. The van der Waals surface area contributed by atoms with Crippen molar-refractivity contribution in [2.24, 2.45) is 5.73 Å². The molecule has 0 fully saturated rings. The van der Waals surface area contributed by atoms with E-state index in [1.807, 2.05) is 12.1 Å². The molecule has 0 aliphatic carbocycles. The topological polar surface area (TPSA) is 88.2 Å². The number of phenols is 1. The van der Waals surface area contributed by atoms with E-state index in [9.17, 15) is 9.90 Å². The number of hydrogen-bond acceptors (Lipinski definition) is 5. The molecule has 0 spiro atoms. The highest BCUT2D eigenvalue weighted by atomic mass is 32.1. The van der Waals surface area contributed by atoms with Crippen LogP contribution in [-0.4, -0.2) is 22.5 Å². The van der Waals surface area contributed by atoms with Crippen LogP contribution in [0.15, 0.2) is 30.5 Å². The number of benzene rings is 1. The average molecular weight is 319 g/mol. The van der Waals surface area contributed by atoms with Gasteiger partial charge in [-0.1, -0.05) is 24.2 Å². The number of aromatic hydroxyl groups is 1. The number of nitrogens with zero attached hydrogens (tertiary/aromatic N) is 1. The first-order chi connectivity index (χ1) is 10.7. The molecule has 118 valence electrons. The number of aromatic nitrogens is 1. The number of phenolic OH excluding ortho intramolecular Hbond substituents is 1. The lowest BCUT2D eigenvalue weighted by Crippen LogP contribution is -2.10. The molecule has 0 bridgehead atoms. The fourth-order valence-corrected chi connectivity index (χ4v) is 2.89. The normalized spacial score (nSPS) is 10.6. The highest BCUT2D eigenvalue weighted by molar-refractivity contribution is 7.19. The molecule has 2 rings (SSSR count). The highest BCUT2D eigenvalue weighted by Gasteiger charge is 2.08. The van der Waals surface area contributed by atoms with Gasteiger partial charge in [0.15, 0.2) is 5.13 Å². The van der Waals surface area contributed by atoms with Gasteiger partial charge < -0.3 is 16.2 Å². The van der Waals surface area contributed by atoms with Crippen molar-refractivity contribution in [2.75, 3.05) is 11.9 Å². The SMILES string of the molecule is NCCCCCCC(=O)Nc1ncc(-c2ccc(O)cc2)s1. The molecule has 1 heterocycles. The fraction of sp³-hybridized carbons (Fsp3) is 0.375. The summed E-state index contributed by atoms with van der Waals surface area (Å²) in [5, 5.41) is 12.7. The lowest BCUT2D eigenvalue weighted by atomic mass is 10.1. The molecule has 2 aromatic rings. The van der Waals surface area contributed by atoms with Crippen molar-refractivity contribution < 1.29 is 9.90 Å². The summed E-state index contributed by atoms with van der Waals surface area (Å²) in [6.45, 7) is 0.714. The zero-order chi connectivity index (χ0) is 15.8. The van der Waals surface area contributed by atoms with Gasteiger partial charge in [-0.3, -0.25) is 4.79 Å². The van der Waals surface area contributed by atoms with Crippen LogP contribution in [0.1, 0.15) is 32.1 Å². The van der Waals surface area contributed by atoms with E-state index in [2.05, 4.69) is 10.3 Å². The van der Waals surface area contributed by atoms with E-state index in [1.165, 1.54) is 11.3 Å². The summed E-state index contributed by atoms with van der Waals surface area (Å²) in [4.78, 5) is 17.0. The molecule has 1 aromatic carbocycles. The number of unbranched alkanes of at least 4 members (excludes halogenated alkanes) is 3. The molecule has 22 heavy (non-hydrogen) atoms. The zero-order valence-corrected chi connectivity index (χ0v) is 13.2. The van der Waals surface area contributed by atoms with Crippen molar-refractivity contribution in [3.63, 3.8) is 0 Å². The molecule has 6 heteroatoms. The van der Waals surface area contributed by atoms with E-state index >= 15 is 0 Å². The Bertz CT molecular complexity index is 596. The van der Waals surface area contributed by atoms with Crippen LogP contribution < -0.4 is 11.1 Å². The third-order valence-electron chi connectivity index (χ3n) is 3.26. The van der Waals surface area contributed by atoms with Crippen LogP contribution in [0.3, 0.4) is 0 Å². The van der Waals surface area contributed by atoms with E-state index in [1.54, 1.807) is 18.3 Å². The minimum absolute atomic E-state index is 0.000598. The summed E-state index contributed by atoms with van der Waals surface area (Å²) in [6.07, 6.45) is 6.24. The molecule has 0 saturated carbocycles. The van der Waals surface area contributed by atoms with Crippen molar-refractivity contribution >= 4 is 22.4 Å². The molecule has 5 nitrogen and oxygen atoms in total. The van der Waals surface area contributed by atoms with Crippen LogP contribution >= 0.6 is 11.3 Å². The Balaban J connectivity index is 1.81. The average Bonchev–Trinajstić information content (AvgIpc) is 2.96. The van der Waals surface area contributed by atoms with Gasteiger partial charge in [-0.15, -0.1) is 0 Å². The summed E-state index contributed by atoms with van der Waals surface area (Å²) in [7, 11) is 0. The second-order valence-corrected chi connectivity index (χ2v) is 6.11. The maximum absolute atomic E-state index is 11.8. The van der Waals surface area contributed by atoms with Gasteiger partial charge in [-0.25, -0.2) is 4.98 Å². The van der Waals surface area contributed by atoms with Crippen molar-refractivity contribution in [2.45, 2.75) is 32.1 Å². The lowest BCUT2D eigenvalue weighted by Gasteiger charge is -2.01. The van der Waals surface area contributed by atoms with Gasteiger partial charge in [0.05, 0.1) is 4.88 Å². The Morgan fingerprint density at radius 1 is 1.18 bits per heavy atom. The molecular formula is C16H21N3O2S. The van der Waals surface area contributed by atoms with E-state index < -0.39 is 0 Å². The van der Waals surface area contributed by atoms with E-state index in [0.29, 0.717) is 18.1 Å². The predicted molar refractivity (Wildman–Crippen MR) is 90.0 cm³/mol. The molecule has 1 aromatic heterocycles. The quantitative estimate of drug-likeness (QED) is 0.651. The summed E-state index contributed by atoms with van der Waals surface area (Å²) in [6, 6.07) is 6.92. The third-order valence-corrected chi connectivity index (χ3v) is 4.22. The second kappa shape index (κ2) is 8.51. The number of thiazole rings is 1. The molecule has 0 aliphatic heterocycles. The molecule has 0 aliphatic rings. The predicted octanol–water partition coefficient (Wildman–Crippen LogP) is 3.36. The van der Waals surface area contributed by atoms with Gasteiger partial charge >= 0.3 is 0 Å². The first-order valence-corrected chi connectivity index (χ1v) is 8.26. The first-order valence-electron chi connectivity index (χ1n) is 7.44. The number of nitrogens with two attached hydrogens (primary N) is 1. The van der Waals surface area contributed by atoms with Crippen LogP contribution in [0.5, 0.6) is 5.75 Å². The van der Waals surface area contributed by atoms with Crippen molar-refractivity contribution in [3.05, 3.63) is 30.5 Å². The molecular weight excluding hydrogens is 298 g/mol. The smallest absolute Gasteiger partial charge is 0.226 e. The number of rotatable bonds is 8. The van der Waals surface area contributed by atoms with Crippen molar-refractivity contribution in [3.8, 4) is 16.2 Å². The summed E-state index contributed by atoms with van der Waals surface area (Å²) >= 11 is 1.43. The maximum atomic E-state index is 11.8. The van der Waals surface area contributed by atoms with Gasteiger partial charge in [-0.2, -0.15) is 0 Å². The Morgan fingerprint density at radius 3 is 2.64 bits per heavy atom. The van der Waals surface area contributed by atoms with Crippen molar-refractivity contribution in [1.29, 1.82) is 0 Å². The number of anilines is 1. The van der Waals surface area contributed by atoms with E-state index in [-0.39, 0.29) is 11.7 Å². The van der Waals surface area contributed by atoms with Gasteiger partial charge in [-0.05, 0) is 49.2 Å². The first kappa shape index (κ1) is 16.5. The third kappa shape index (κ3) is 5.13. The molecule has 0 saturated heterocycles. The minimum atomic E-state index is -0.000598. The van der Waals surface area contributed by atoms with Crippen LogP contribution in [0.4, 0.5) is 5.13 Å². The second-order valence-electron chi connectivity index (χ2n) is 5.08. The Morgan fingerprint density at radius 2 is 1.91 bits per heavy atom. The number of amides is 1. The van der Waals surface area contributed by atoms with Crippen LogP contribution in [-0.2, 0) is 4.79 Å². The molecule has 0 atom stereocenters. The monoisotopic (exact) mass is 319 g/mol. The number of nitrogens with one attached hydrogen (secondary N) is 1. The van der Waals surface area contributed by atoms with E-state index in [0.717, 1.165) is 36.1 Å². The molecule has 4 N–H and O–H groups in total. The Kier molecular flexibility index (Phi) is 6.36. The highest BCUT2D eigenvalue weighted by Crippen LogP contribution is 2.29. The van der Waals surface area contributed by atoms with Gasteiger partial charge in [0.1, 0.15) is 5.75 Å². The molecule has 1 amide bonds. The number of carbonyl (C=O) groups excluding carboxylic acids is 1. The number of hydrogen-bond donors (Lipinski definition) is 3. The van der Waals surface area contributed by atoms with Crippen LogP contribution in [0.2, 0.25) is 0 Å². The van der Waals surface area contributed by atoms with Crippen LogP contribution in [0, 0.1) is 0 Å². The van der Waals surface area contributed by atoms with Gasteiger partial charge in [0.25, 0.3) is 0 Å². The number of carbonyl (C=O) groups is 1. The standard InChI is InChI=1S/C16H21N3O2S/c17-10-4-2-1-3-5-15(21)19-16-18-11-14(22-16)12-6-8-13(20)9-7-12/h6-9,11,20H,1-5,10,17H2,(H,18,19,21). The van der Waals surface area contributed by atoms with Crippen molar-refractivity contribution in [1.82, 2.24) is 4.98 Å². The minimum Gasteiger partial charge on any atom is -0.508 e.